The van der Waals surface area contributed by atoms with Gasteiger partial charge in [-0.15, -0.1) is 0 Å². The molecular formula is C37H55NO2. The van der Waals surface area contributed by atoms with Crippen molar-refractivity contribution in [1.82, 2.24) is 0 Å². The topological polar surface area (TPSA) is 52.3 Å². The lowest BCUT2D eigenvalue weighted by Crippen LogP contribution is -2.67. The Morgan fingerprint density at radius 2 is 1.55 bits per heavy atom. The highest BCUT2D eigenvalue weighted by atomic mass is 16.5. The zero-order valence-corrected chi connectivity index (χ0v) is 26.4. The van der Waals surface area contributed by atoms with Gasteiger partial charge >= 0.3 is 5.97 Å². The van der Waals surface area contributed by atoms with Gasteiger partial charge in [0, 0.05) is 5.54 Å². The summed E-state index contributed by atoms with van der Waals surface area (Å²) in [6.07, 6.45) is 12.9. The lowest BCUT2D eigenvalue weighted by molar-refractivity contribution is -0.232. The lowest BCUT2D eigenvalue weighted by Gasteiger charge is -2.73. The van der Waals surface area contributed by atoms with Crippen LogP contribution in [0.15, 0.2) is 36.4 Å². The predicted molar refractivity (Wildman–Crippen MR) is 164 cm³/mol. The van der Waals surface area contributed by atoms with E-state index in [1.54, 1.807) is 0 Å². The van der Waals surface area contributed by atoms with Crippen LogP contribution in [0.3, 0.4) is 0 Å². The number of nitrogens with two attached hydrogens (primary N) is 1. The van der Waals surface area contributed by atoms with Crippen LogP contribution < -0.4 is 5.73 Å². The number of allylic oxidation sites excluding steroid dienone is 1. The van der Waals surface area contributed by atoms with E-state index in [0.717, 1.165) is 11.8 Å². The standard InChI is InChI=1S/C37H55NO2/c1-23(2)26-15-20-37(38)22-21-35(6)28(31(26)37)13-14-30-34(5)18-16-27(24-9-11-25(12-10-24)32(39)40-8)33(3,4)29(34)17-19-36(30,35)7/h9-12,26-31H,1,13-22,38H2,2-8H3/t26-,27+,28+,29-,30+,31+,34-,35+,36+,37-/m0/s1. The van der Waals surface area contributed by atoms with E-state index in [-0.39, 0.29) is 16.9 Å². The average molecular weight is 546 g/mol. The molecule has 0 spiro atoms. The van der Waals surface area contributed by atoms with Crippen molar-refractivity contribution in [3.05, 3.63) is 47.5 Å². The second kappa shape index (κ2) is 9.19. The molecule has 0 amide bonds. The van der Waals surface area contributed by atoms with Gasteiger partial charge < -0.3 is 10.5 Å². The molecule has 5 aliphatic carbocycles. The number of hydrogen-bond acceptors (Lipinski definition) is 3. The molecule has 0 bridgehead atoms. The number of fused-ring (bicyclic) bond motifs is 7. The van der Waals surface area contributed by atoms with E-state index >= 15 is 0 Å². The van der Waals surface area contributed by atoms with Crippen LogP contribution in [0.1, 0.15) is 128 Å². The van der Waals surface area contributed by atoms with E-state index in [4.69, 9.17) is 10.5 Å². The summed E-state index contributed by atoms with van der Waals surface area (Å²) in [6.45, 7) is 20.0. The number of esters is 1. The minimum Gasteiger partial charge on any atom is -0.465 e. The van der Waals surface area contributed by atoms with Crippen molar-refractivity contribution in [3.63, 3.8) is 0 Å². The number of ether oxygens (including phenoxy) is 1. The highest BCUT2D eigenvalue weighted by Gasteiger charge is 2.70. The molecule has 220 valence electrons. The van der Waals surface area contributed by atoms with Crippen molar-refractivity contribution in [3.8, 4) is 0 Å². The molecule has 10 atom stereocenters. The van der Waals surface area contributed by atoms with Crippen LogP contribution in [0.25, 0.3) is 0 Å². The van der Waals surface area contributed by atoms with Crippen molar-refractivity contribution in [1.29, 1.82) is 0 Å². The van der Waals surface area contributed by atoms with Gasteiger partial charge in [0.2, 0.25) is 0 Å². The molecule has 0 aromatic heterocycles. The number of rotatable bonds is 3. The van der Waals surface area contributed by atoms with E-state index in [0.29, 0.717) is 45.5 Å². The molecule has 0 heterocycles. The van der Waals surface area contributed by atoms with E-state index < -0.39 is 0 Å². The number of benzene rings is 1. The van der Waals surface area contributed by atoms with Crippen molar-refractivity contribution < 1.29 is 9.53 Å². The molecule has 1 aromatic rings. The van der Waals surface area contributed by atoms with Crippen LogP contribution in [0.4, 0.5) is 0 Å². The smallest absolute Gasteiger partial charge is 0.337 e. The van der Waals surface area contributed by atoms with Crippen molar-refractivity contribution in [2.75, 3.05) is 7.11 Å². The van der Waals surface area contributed by atoms with Gasteiger partial charge in [-0.3, -0.25) is 0 Å². The first-order valence-electron chi connectivity index (χ1n) is 16.4. The molecule has 3 nitrogen and oxygen atoms in total. The third kappa shape index (κ3) is 3.67. The number of methoxy groups -OCH3 is 1. The molecule has 2 N–H and O–H groups in total. The molecule has 0 aliphatic heterocycles. The van der Waals surface area contributed by atoms with Crippen molar-refractivity contribution >= 4 is 5.97 Å². The number of carbonyl (C=O) groups excluding carboxylic acids is 1. The Hall–Kier alpha value is -1.61. The monoisotopic (exact) mass is 545 g/mol. The molecule has 0 unspecified atom stereocenters. The lowest BCUT2D eigenvalue weighted by atomic mass is 9.32. The molecule has 3 heteroatoms. The van der Waals surface area contributed by atoms with E-state index in [2.05, 4.69) is 60.3 Å². The van der Waals surface area contributed by atoms with Gasteiger partial charge in [0.15, 0.2) is 0 Å². The Morgan fingerprint density at radius 1 is 0.850 bits per heavy atom. The van der Waals surface area contributed by atoms with Gasteiger partial charge in [-0.1, -0.05) is 58.9 Å². The SMILES string of the molecule is C=C(C)[C@@H]1CC[C@]2(N)CC[C@]3(C)[C@H](CC[C@@H]4[C@@]5(C)CC[C@H](c6ccc(C(=O)OC)cc6)C(C)(C)[C@@H]5CC[C@]43C)[C@@H]12. The summed E-state index contributed by atoms with van der Waals surface area (Å²) in [5.41, 5.74) is 12.0. The largest absolute Gasteiger partial charge is 0.465 e. The minimum atomic E-state index is -0.251. The summed E-state index contributed by atoms with van der Waals surface area (Å²) in [5.74, 6) is 3.72. The molecule has 6 rings (SSSR count). The highest BCUT2D eigenvalue weighted by molar-refractivity contribution is 5.89. The quantitative estimate of drug-likeness (QED) is 0.305. The maximum Gasteiger partial charge on any atom is 0.337 e. The summed E-state index contributed by atoms with van der Waals surface area (Å²) < 4.78 is 4.95. The second-order valence-electron chi connectivity index (χ2n) is 16.4. The first kappa shape index (κ1) is 28.5. The Balaban J connectivity index is 1.31. The molecule has 40 heavy (non-hydrogen) atoms. The Labute approximate surface area is 244 Å². The van der Waals surface area contributed by atoms with Crippen molar-refractivity contribution in [2.24, 2.45) is 57.0 Å². The molecule has 5 aliphatic rings. The van der Waals surface area contributed by atoms with E-state index in [1.165, 1.54) is 82.5 Å². The zero-order valence-electron chi connectivity index (χ0n) is 26.4. The fraction of sp³-hybridized carbons (Fsp3) is 0.757. The third-order valence-electron chi connectivity index (χ3n) is 14.9. The third-order valence-corrected chi connectivity index (χ3v) is 14.9. The fourth-order valence-electron chi connectivity index (χ4n) is 12.8. The average Bonchev–Trinajstić information content (AvgIpc) is 3.26. The Morgan fingerprint density at radius 3 is 2.20 bits per heavy atom. The summed E-state index contributed by atoms with van der Waals surface area (Å²) in [6, 6.07) is 8.32. The fourth-order valence-corrected chi connectivity index (χ4v) is 12.8. The maximum atomic E-state index is 12.0. The Bertz CT molecular complexity index is 1190. The van der Waals surface area contributed by atoms with Gasteiger partial charge in [-0.2, -0.15) is 0 Å². The van der Waals surface area contributed by atoms with Crippen molar-refractivity contribution in [2.45, 2.75) is 117 Å². The molecule has 1 aromatic carbocycles. The van der Waals surface area contributed by atoms with Crippen LogP contribution in [0, 0.1) is 51.2 Å². The first-order valence-corrected chi connectivity index (χ1v) is 16.4. The number of carbonyl (C=O) groups is 1. The zero-order chi connectivity index (χ0) is 28.9. The summed E-state index contributed by atoms with van der Waals surface area (Å²) in [4.78, 5) is 12.0. The summed E-state index contributed by atoms with van der Waals surface area (Å²) >= 11 is 0. The van der Waals surface area contributed by atoms with Crippen LogP contribution in [-0.4, -0.2) is 18.6 Å². The molecule has 0 saturated heterocycles. The van der Waals surface area contributed by atoms with Crippen LogP contribution >= 0.6 is 0 Å². The normalized spacial score (nSPS) is 47.3. The van der Waals surface area contributed by atoms with Crippen LogP contribution in [0.5, 0.6) is 0 Å². The van der Waals surface area contributed by atoms with Gasteiger partial charge in [0.25, 0.3) is 0 Å². The first-order chi connectivity index (χ1) is 18.7. The molecule has 0 radical (unpaired) electrons. The highest BCUT2D eigenvalue weighted by Crippen LogP contribution is 2.77. The summed E-state index contributed by atoms with van der Waals surface area (Å²) in [7, 11) is 1.46. The van der Waals surface area contributed by atoms with Gasteiger partial charge in [-0.25, -0.2) is 4.79 Å². The van der Waals surface area contributed by atoms with Crippen LogP contribution in [-0.2, 0) is 4.74 Å². The molecular weight excluding hydrogens is 490 g/mol. The van der Waals surface area contributed by atoms with Gasteiger partial charge in [0.1, 0.15) is 0 Å². The molecule has 5 fully saturated rings. The van der Waals surface area contributed by atoms with Gasteiger partial charge in [0.05, 0.1) is 12.7 Å². The Kier molecular flexibility index (Phi) is 6.55. The second-order valence-corrected chi connectivity index (χ2v) is 16.4. The van der Waals surface area contributed by atoms with Gasteiger partial charge in [-0.05, 0) is 146 Å². The van der Waals surface area contributed by atoms with E-state index in [9.17, 15) is 4.79 Å². The van der Waals surface area contributed by atoms with Crippen LogP contribution in [0.2, 0.25) is 0 Å². The maximum absolute atomic E-state index is 12.0. The molecule has 5 saturated carbocycles. The number of hydrogen-bond donors (Lipinski definition) is 1. The predicted octanol–water partition coefficient (Wildman–Crippen LogP) is 8.93. The van der Waals surface area contributed by atoms with E-state index in [1.807, 2.05) is 12.1 Å². The summed E-state index contributed by atoms with van der Waals surface area (Å²) in [5, 5.41) is 0. The minimum absolute atomic E-state index is 0.0293.